The maximum atomic E-state index is 2.48. The van der Waals surface area contributed by atoms with E-state index in [2.05, 4.69) is 159 Å². The van der Waals surface area contributed by atoms with Crippen LogP contribution in [0, 0.1) is 6.92 Å². The van der Waals surface area contributed by atoms with Crippen LogP contribution in [0.15, 0.2) is 109 Å². The zero-order valence-corrected chi connectivity index (χ0v) is 22.9. The molecule has 0 bridgehead atoms. The third-order valence-electron chi connectivity index (χ3n) is 7.51. The molecule has 0 aliphatic heterocycles. The van der Waals surface area contributed by atoms with E-state index in [4.69, 9.17) is 0 Å². The lowest BCUT2D eigenvalue weighted by Crippen LogP contribution is -1.98. The van der Waals surface area contributed by atoms with Gasteiger partial charge in [0.15, 0.2) is 0 Å². The minimum absolute atomic E-state index is 1.18. The summed E-state index contributed by atoms with van der Waals surface area (Å²) in [6.45, 7) is 4.37. The molecule has 7 aromatic rings. The molecular weight excluding hydrogens is 563 g/mol. The molecule has 2 heterocycles. The van der Waals surface area contributed by atoms with Crippen molar-refractivity contribution < 1.29 is 0 Å². The molecule has 0 saturated carbocycles. The van der Waals surface area contributed by atoms with Crippen molar-refractivity contribution in [2.45, 2.75) is 13.8 Å². The molecule has 0 atom stereocenters. The number of aromatic nitrogens is 2. The Hall–Kier alpha value is -3.83. The SMILES string of the molecule is C/C=C\c1c(C)n(-c2cccc(-c3ccccc3)c2)c2c3ccccc3c3c(c4ccccc4n3I)c12. The molecule has 5 aromatic carbocycles. The summed E-state index contributed by atoms with van der Waals surface area (Å²) in [5.41, 5.74) is 9.97. The number of rotatable bonds is 3. The number of benzene rings is 5. The van der Waals surface area contributed by atoms with Gasteiger partial charge < -0.3 is 4.57 Å². The average Bonchev–Trinajstić information content (AvgIpc) is 3.41. The summed E-state index contributed by atoms with van der Waals surface area (Å²) in [6.07, 6.45) is 4.44. The molecule has 3 heteroatoms. The molecule has 0 fully saturated rings. The van der Waals surface area contributed by atoms with Crippen LogP contribution < -0.4 is 0 Å². The van der Waals surface area contributed by atoms with Gasteiger partial charge in [-0.15, -0.1) is 0 Å². The second-order valence-corrected chi connectivity index (χ2v) is 10.5. The summed E-state index contributed by atoms with van der Waals surface area (Å²) in [4.78, 5) is 0. The van der Waals surface area contributed by atoms with Crippen molar-refractivity contribution in [3.8, 4) is 16.8 Å². The summed E-state index contributed by atoms with van der Waals surface area (Å²) in [6, 6.07) is 37.2. The maximum Gasteiger partial charge on any atom is 0.0676 e. The third kappa shape index (κ3) is 3.23. The first-order chi connectivity index (χ1) is 18.2. The lowest BCUT2D eigenvalue weighted by molar-refractivity contribution is 1.05. The van der Waals surface area contributed by atoms with Crippen LogP contribution in [0.1, 0.15) is 18.2 Å². The summed E-state index contributed by atoms with van der Waals surface area (Å²) < 4.78 is 4.81. The molecule has 0 aliphatic carbocycles. The Bertz CT molecular complexity index is 2010. The average molecular weight is 588 g/mol. The highest BCUT2D eigenvalue weighted by molar-refractivity contribution is 14.1. The van der Waals surface area contributed by atoms with Crippen LogP contribution in [0.2, 0.25) is 0 Å². The number of hydrogen-bond acceptors (Lipinski definition) is 0. The first-order valence-corrected chi connectivity index (χ1v) is 13.6. The number of nitrogens with zero attached hydrogens (tertiary/aromatic N) is 2. The molecule has 0 spiro atoms. The highest BCUT2D eigenvalue weighted by Gasteiger charge is 2.24. The molecule has 0 saturated heterocycles. The monoisotopic (exact) mass is 588 g/mol. The van der Waals surface area contributed by atoms with Crippen LogP contribution in [-0.4, -0.2) is 7.35 Å². The van der Waals surface area contributed by atoms with E-state index in [0.717, 1.165) is 0 Å². The van der Waals surface area contributed by atoms with E-state index >= 15 is 0 Å². The number of halogens is 1. The first kappa shape index (κ1) is 22.4. The van der Waals surface area contributed by atoms with E-state index in [1.807, 2.05) is 0 Å². The van der Waals surface area contributed by atoms with Gasteiger partial charge in [-0.1, -0.05) is 97.1 Å². The van der Waals surface area contributed by atoms with Gasteiger partial charge in [0.05, 0.1) is 39.4 Å². The van der Waals surface area contributed by atoms with Crippen LogP contribution in [0.3, 0.4) is 0 Å². The van der Waals surface area contributed by atoms with Gasteiger partial charge in [-0.25, -0.2) is 0 Å². The van der Waals surface area contributed by atoms with Crippen LogP contribution in [0.25, 0.3) is 66.4 Å². The predicted octanol–water partition coefficient (Wildman–Crippen LogP) is 10.1. The van der Waals surface area contributed by atoms with E-state index in [-0.39, 0.29) is 0 Å². The maximum absolute atomic E-state index is 2.48. The van der Waals surface area contributed by atoms with Gasteiger partial charge in [-0.2, -0.15) is 0 Å². The van der Waals surface area contributed by atoms with Crippen LogP contribution in [-0.2, 0) is 0 Å². The van der Waals surface area contributed by atoms with E-state index in [1.165, 1.54) is 71.6 Å². The van der Waals surface area contributed by atoms with E-state index < -0.39 is 0 Å². The van der Waals surface area contributed by atoms with Crippen LogP contribution in [0.5, 0.6) is 0 Å². The van der Waals surface area contributed by atoms with Crippen LogP contribution >= 0.6 is 22.9 Å². The second-order valence-electron chi connectivity index (χ2n) is 9.54. The van der Waals surface area contributed by atoms with Gasteiger partial charge in [0.2, 0.25) is 0 Å². The number of para-hydroxylation sites is 1. The topological polar surface area (TPSA) is 9.86 Å². The van der Waals surface area contributed by atoms with Gasteiger partial charge in [0.1, 0.15) is 0 Å². The third-order valence-corrected chi connectivity index (χ3v) is 8.51. The Labute approximate surface area is 229 Å². The Morgan fingerprint density at radius 3 is 2.05 bits per heavy atom. The van der Waals surface area contributed by atoms with E-state index in [1.54, 1.807) is 0 Å². The van der Waals surface area contributed by atoms with Gasteiger partial charge >= 0.3 is 0 Å². The summed E-state index contributed by atoms with van der Waals surface area (Å²) in [5.74, 6) is 0. The van der Waals surface area contributed by atoms with Crippen molar-refractivity contribution in [1.29, 1.82) is 0 Å². The van der Waals surface area contributed by atoms with E-state index in [0.29, 0.717) is 0 Å². The largest absolute Gasteiger partial charge is 0.313 e. The number of fused-ring (bicyclic) bond motifs is 8. The van der Waals surface area contributed by atoms with Crippen molar-refractivity contribution in [1.82, 2.24) is 7.35 Å². The highest BCUT2D eigenvalue weighted by Crippen LogP contribution is 2.46. The highest BCUT2D eigenvalue weighted by atomic mass is 127. The van der Waals surface area contributed by atoms with Gasteiger partial charge in [-0.05, 0) is 43.2 Å². The van der Waals surface area contributed by atoms with Gasteiger partial charge in [0.25, 0.3) is 0 Å². The molecule has 0 unspecified atom stereocenters. The molecule has 0 radical (unpaired) electrons. The molecule has 0 amide bonds. The predicted molar refractivity (Wildman–Crippen MR) is 168 cm³/mol. The standard InChI is InChI=1S/C34H25IN2/c1-3-12-26-22(2)36(25-16-11-15-24(21-25)23-13-5-4-6-14-23)33-27-17-7-8-18-28(27)34-32(31(26)33)29-19-9-10-20-30(29)37(34)35/h3-21H,1-2H3/b12-3-. The Morgan fingerprint density at radius 1 is 0.649 bits per heavy atom. The lowest BCUT2D eigenvalue weighted by atomic mass is 9.98. The van der Waals surface area contributed by atoms with E-state index in [9.17, 15) is 0 Å². The lowest BCUT2D eigenvalue weighted by Gasteiger charge is -2.13. The molecule has 37 heavy (non-hydrogen) atoms. The second kappa shape index (κ2) is 8.63. The van der Waals surface area contributed by atoms with Crippen molar-refractivity contribution in [3.63, 3.8) is 0 Å². The Balaban J connectivity index is 1.71. The van der Waals surface area contributed by atoms with Crippen molar-refractivity contribution in [2.24, 2.45) is 0 Å². The normalized spacial score (nSPS) is 12.1. The fourth-order valence-electron chi connectivity index (χ4n) is 5.96. The van der Waals surface area contributed by atoms with Crippen LogP contribution in [0.4, 0.5) is 0 Å². The first-order valence-electron chi connectivity index (χ1n) is 12.6. The smallest absolute Gasteiger partial charge is 0.0676 e. The summed E-state index contributed by atoms with van der Waals surface area (Å²) in [5, 5.41) is 6.49. The molecule has 0 aliphatic rings. The molecule has 7 rings (SSSR count). The summed E-state index contributed by atoms with van der Waals surface area (Å²) in [7, 11) is 0. The van der Waals surface area contributed by atoms with Gasteiger partial charge in [-0.3, -0.25) is 2.78 Å². The van der Waals surface area contributed by atoms with Gasteiger partial charge in [0, 0.05) is 43.9 Å². The minimum Gasteiger partial charge on any atom is -0.313 e. The Morgan fingerprint density at radius 2 is 1.30 bits per heavy atom. The fourth-order valence-corrected chi connectivity index (χ4v) is 6.88. The minimum atomic E-state index is 1.18. The molecule has 0 N–H and O–H groups in total. The zero-order chi connectivity index (χ0) is 25.1. The van der Waals surface area contributed by atoms with Crippen molar-refractivity contribution >= 4 is 72.4 Å². The Kier molecular flexibility index (Phi) is 5.22. The molecular formula is C34H25IN2. The molecule has 2 aromatic heterocycles. The summed E-state index contributed by atoms with van der Waals surface area (Å²) >= 11 is 2.48. The zero-order valence-electron chi connectivity index (χ0n) is 20.7. The van der Waals surface area contributed by atoms with Crippen molar-refractivity contribution in [3.05, 3.63) is 120 Å². The van der Waals surface area contributed by atoms with Crippen molar-refractivity contribution in [2.75, 3.05) is 0 Å². The number of hydrogen-bond donors (Lipinski definition) is 0. The molecule has 2 nitrogen and oxygen atoms in total. The quantitative estimate of drug-likeness (QED) is 0.182. The number of allylic oxidation sites excluding steroid dienone is 1. The molecule has 178 valence electrons. The fraction of sp³-hybridized carbons (Fsp3) is 0.0588.